The molecule has 22 heavy (non-hydrogen) atoms. The van der Waals surface area contributed by atoms with Gasteiger partial charge in [0.05, 0.1) is 0 Å². The quantitative estimate of drug-likeness (QED) is 0.229. The van der Waals surface area contributed by atoms with Crippen LogP contribution in [0.2, 0.25) is 4.71 Å². The van der Waals surface area contributed by atoms with Crippen molar-refractivity contribution < 1.29 is 11.9 Å². The summed E-state index contributed by atoms with van der Waals surface area (Å²) < 4.78 is 29.3. The second-order valence-corrected chi connectivity index (χ2v) is 10.3. The molecule has 1 unspecified atom stereocenters. The van der Waals surface area contributed by atoms with Crippen LogP contribution < -0.4 is 0 Å². The molecule has 1 atom stereocenters. The van der Waals surface area contributed by atoms with E-state index in [2.05, 4.69) is 19.1 Å². The summed E-state index contributed by atoms with van der Waals surface area (Å²) in [6.45, 7) is 4.12. The molecule has 0 heterocycles. The normalized spacial score (nSPS) is 13.8. The summed E-state index contributed by atoms with van der Waals surface area (Å²) in [4.78, 5) is 0. The molecule has 0 radical (unpaired) electrons. The van der Waals surface area contributed by atoms with Crippen LogP contribution in [0.25, 0.3) is 0 Å². The van der Waals surface area contributed by atoms with Gasteiger partial charge in [-0.25, -0.2) is 0 Å². The van der Waals surface area contributed by atoms with Crippen molar-refractivity contribution in [2.24, 2.45) is 0 Å². The summed E-state index contributed by atoms with van der Waals surface area (Å²) in [5.41, 5.74) is 0. The van der Waals surface area contributed by atoms with E-state index in [1.165, 1.54) is 44.9 Å². The Kier molecular flexibility index (Phi) is 14.6. The Labute approximate surface area is 140 Å². The van der Waals surface area contributed by atoms with Gasteiger partial charge in [-0.05, 0) is 0 Å². The second kappa shape index (κ2) is 14.6. The number of hydrogen-bond donors (Lipinski definition) is 2. The van der Waals surface area contributed by atoms with Crippen molar-refractivity contribution in [3.05, 3.63) is 12.2 Å². The summed E-state index contributed by atoms with van der Waals surface area (Å²) in [6.07, 6.45) is 19.4. The molecule has 0 aliphatic rings. The number of hydrogen-bond acceptors (Lipinski definition) is 1. The van der Waals surface area contributed by atoms with E-state index in [1.54, 1.807) is 0 Å². The van der Waals surface area contributed by atoms with Gasteiger partial charge >= 0.3 is 114 Å². The van der Waals surface area contributed by atoms with E-state index in [-0.39, 0.29) is 4.71 Å². The topological polar surface area (TPSA) is 57.5 Å². The predicted octanol–water partition coefficient (Wildman–Crippen LogP) is 5.38. The van der Waals surface area contributed by atoms with Crippen LogP contribution in [0.15, 0.2) is 12.2 Å². The van der Waals surface area contributed by atoms with Crippen molar-refractivity contribution in [3.8, 4) is 0 Å². The van der Waals surface area contributed by atoms with Gasteiger partial charge in [0, 0.05) is 0 Å². The molecule has 2 N–H and O–H groups in total. The summed E-state index contributed by atoms with van der Waals surface area (Å²) in [5.74, 6) is 0. The van der Waals surface area contributed by atoms with Gasteiger partial charge in [-0.2, -0.15) is 0 Å². The van der Waals surface area contributed by atoms with Crippen molar-refractivity contribution in [2.45, 2.75) is 102 Å². The maximum absolute atomic E-state index is 11.3. The first-order valence-corrected chi connectivity index (χ1v) is 12.7. The molecule has 0 aromatic carbocycles. The van der Waals surface area contributed by atoms with Gasteiger partial charge in [0.25, 0.3) is 0 Å². The molecule has 0 aromatic rings. The molecule has 4 heteroatoms. The third kappa shape index (κ3) is 13.7. The Hall–Kier alpha value is 0.0184. The van der Waals surface area contributed by atoms with Gasteiger partial charge in [-0.3, -0.25) is 0 Å². The van der Waals surface area contributed by atoms with Crippen LogP contribution in [0.5, 0.6) is 0 Å². The molecular formula is C18H37AsO3. The molecule has 0 amide bonds. The molecule has 0 saturated heterocycles. The zero-order chi connectivity index (χ0) is 16.7. The van der Waals surface area contributed by atoms with E-state index in [0.717, 1.165) is 25.7 Å². The Bertz CT molecular complexity index is 309. The summed E-state index contributed by atoms with van der Waals surface area (Å²) >= 11 is -4.48. The molecule has 0 saturated carbocycles. The fourth-order valence-corrected chi connectivity index (χ4v) is 4.79. The van der Waals surface area contributed by atoms with E-state index < -0.39 is 14.2 Å². The molecule has 0 aromatic heterocycles. The third-order valence-electron chi connectivity index (χ3n) is 4.25. The van der Waals surface area contributed by atoms with E-state index in [4.69, 9.17) is 0 Å². The van der Waals surface area contributed by atoms with Crippen molar-refractivity contribution in [3.63, 3.8) is 0 Å². The first kappa shape index (κ1) is 22.0. The molecule has 0 bridgehead atoms. The minimum absolute atomic E-state index is 0.374. The van der Waals surface area contributed by atoms with Crippen molar-refractivity contribution in [1.29, 1.82) is 0 Å². The van der Waals surface area contributed by atoms with Crippen molar-refractivity contribution in [1.82, 2.24) is 0 Å². The molecule has 132 valence electrons. The van der Waals surface area contributed by atoms with E-state index in [1.807, 2.05) is 6.92 Å². The number of unbranched alkanes of at least 4 members (excludes halogenated alkanes) is 9. The maximum atomic E-state index is 11.3. The van der Waals surface area contributed by atoms with E-state index in [9.17, 15) is 11.9 Å². The van der Waals surface area contributed by atoms with E-state index in [0.29, 0.717) is 12.8 Å². The third-order valence-corrected chi connectivity index (χ3v) is 7.55. The van der Waals surface area contributed by atoms with Crippen LogP contribution in [-0.2, 0) is 3.74 Å². The van der Waals surface area contributed by atoms with Gasteiger partial charge in [-0.15, -0.1) is 0 Å². The molecule has 3 nitrogen and oxygen atoms in total. The van der Waals surface area contributed by atoms with Gasteiger partial charge < -0.3 is 0 Å². The zero-order valence-corrected chi connectivity index (χ0v) is 16.6. The Morgan fingerprint density at radius 1 is 0.818 bits per heavy atom. The average molecular weight is 376 g/mol. The zero-order valence-electron chi connectivity index (χ0n) is 14.7. The van der Waals surface area contributed by atoms with Crippen LogP contribution >= 0.6 is 0 Å². The van der Waals surface area contributed by atoms with Gasteiger partial charge in [0.1, 0.15) is 0 Å². The van der Waals surface area contributed by atoms with Gasteiger partial charge in [0.15, 0.2) is 0 Å². The van der Waals surface area contributed by atoms with Crippen LogP contribution in [0, 0.1) is 0 Å². The number of allylic oxidation sites excluding steroid dienone is 2. The first-order chi connectivity index (χ1) is 10.5. The average Bonchev–Trinajstić information content (AvgIpc) is 2.46. The molecule has 0 aliphatic heterocycles. The summed E-state index contributed by atoms with van der Waals surface area (Å²) in [5, 5.41) is 0. The Balaban J connectivity index is 3.39. The summed E-state index contributed by atoms with van der Waals surface area (Å²) in [6, 6.07) is 0. The van der Waals surface area contributed by atoms with E-state index >= 15 is 0 Å². The molecule has 0 rings (SSSR count). The predicted molar refractivity (Wildman–Crippen MR) is 95.1 cm³/mol. The van der Waals surface area contributed by atoms with Crippen LogP contribution in [0.1, 0.15) is 97.3 Å². The molecule has 0 aliphatic carbocycles. The van der Waals surface area contributed by atoms with Crippen molar-refractivity contribution in [2.75, 3.05) is 0 Å². The monoisotopic (exact) mass is 376 g/mol. The van der Waals surface area contributed by atoms with Gasteiger partial charge in [0.2, 0.25) is 0 Å². The Morgan fingerprint density at radius 3 is 1.82 bits per heavy atom. The van der Waals surface area contributed by atoms with Crippen LogP contribution in [-0.4, -0.2) is 22.4 Å². The molecular weight excluding hydrogens is 339 g/mol. The van der Waals surface area contributed by atoms with Crippen molar-refractivity contribution >= 4 is 14.2 Å². The summed E-state index contributed by atoms with van der Waals surface area (Å²) in [7, 11) is 0. The number of rotatable bonds is 15. The standard InChI is InChI=1S/C18H37AsO3/c1-3-5-6-7-8-9-10-11-12-13-14-15-16-17-18(4-2)19(20,21)22/h11-12,18H,3-10,13-17H2,1-2H3,(H2,20,21,22)/b12-11-. The second-order valence-electron chi connectivity index (χ2n) is 6.32. The SMILES string of the molecule is CCCCCCCC/C=C\CCCCCC(CC)[As](=O)(O)O. The van der Waals surface area contributed by atoms with Crippen LogP contribution in [0.4, 0.5) is 0 Å². The Morgan fingerprint density at radius 2 is 1.32 bits per heavy atom. The minimum atomic E-state index is -4.48. The van der Waals surface area contributed by atoms with Gasteiger partial charge in [-0.1, -0.05) is 26.2 Å². The fraction of sp³-hybridized carbons (Fsp3) is 0.889. The first-order valence-electron chi connectivity index (χ1n) is 9.22. The molecule has 0 fully saturated rings. The molecule has 0 spiro atoms. The van der Waals surface area contributed by atoms with Crippen LogP contribution in [0.3, 0.4) is 0 Å². The fourth-order valence-electron chi connectivity index (χ4n) is 2.71.